The summed E-state index contributed by atoms with van der Waals surface area (Å²) in [6.07, 6.45) is 11.1. The van der Waals surface area contributed by atoms with Crippen molar-refractivity contribution in [2.45, 2.75) is 45.8 Å². The van der Waals surface area contributed by atoms with E-state index in [2.05, 4.69) is 22.2 Å². The maximum atomic E-state index is 14.3. The smallest absolute Gasteiger partial charge is 0.294 e. The highest BCUT2D eigenvalue weighted by Gasteiger charge is 2.26. The Morgan fingerprint density at radius 1 is 1.05 bits per heavy atom. The number of hydrogen-bond acceptors (Lipinski definition) is 6. The Kier molecular flexibility index (Phi) is 6.34. The molecule has 1 aliphatic heterocycles. The Hall–Kier alpha value is -4.16. The Labute approximate surface area is 220 Å². The fourth-order valence-electron chi connectivity index (χ4n) is 5.69. The summed E-state index contributed by atoms with van der Waals surface area (Å²) in [5, 5.41) is 5.34. The monoisotopic (exact) mass is 509 g/mol. The van der Waals surface area contributed by atoms with Gasteiger partial charge in [0.15, 0.2) is 5.52 Å². The number of nitrogens with one attached hydrogen (secondary N) is 1. The molecule has 0 amide bonds. The molecule has 2 aliphatic rings. The number of pyridine rings is 1. The van der Waals surface area contributed by atoms with Crippen molar-refractivity contribution in [3.05, 3.63) is 74.1 Å². The molecule has 194 valence electrons. The molecule has 0 saturated carbocycles. The Morgan fingerprint density at radius 3 is 2.63 bits per heavy atom. The van der Waals surface area contributed by atoms with E-state index >= 15 is 0 Å². The number of anilines is 1. The first-order valence-corrected chi connectivity index (χ1v) is 13.2. The number of aryl methyl sites for hydroxylation is 1. The van der Waals surface area contributed by atoms with Crippen LogP contribution < -0.4 is 21.3 Å². The zero-order valence-corrected chi connectivity index (χ0v) is 21.6. The van der Waals surface area contributed by atoms with E-state index in [1.165, 1.54) is 14.9 Å². The van der Waals surface area contributed by atoms with Crippen molar-refractivity contribution in [1.82, 2.24) is 29.2 Å². The molecule has 1 fully saturated rings. The average molecular weight is 510 g/mol. The maximum absolute atomic E-state index is 14.3. The predicted molar refractivity (Wildman–Crippen MR) is 150 cm³/mol. The van der Waals surface area contributed by atoms with E-state index in [1.807, 2.05) is 41.8 Å². The van der Waals surface area contributed by atoms with Crippen LogP contribution >= 0.6 is 0 Å². The largest absolute Gasteiger partial charge is 0.340 e. The van der Waals surface area contributed by atoms with Crippen molar-refractivity contribution in [2.24, 2.45) is 0 Å². The number of benzene rings is 1. The quantitative estimate of drug-likeness (QED) is 0.317. The molecule has 0 unspecified atom stereocenters. The van der Waals surface area contributed by atoms with Gasteiger partial charge in [-0.2, -0.15) is 0 Å². The first-order valence-electron chi connectivity index (χ1n) is 13.2. The van der Waals surface area contributed by atoms with Crippen molar-refractivity contribution in [2.75, 3.05) is 31.1 Å². The molecular weight excluding hydrogens is 478 g/mol. The van der Waals surface area contributed by atoms with Gasteiger partial charge < -0.3 is 14.8 Å². The van der Waals surface area contributed by atoms with Gasteiger partial charge in [0.25, 0.3) is 11.1 Å². The summed E-state index contributed by atoms with van der Waals surface area (Å²) < 4.78 is 4.76. The van der Waals surface area contributed by atoms with Gasteiger partial charge in [-0.1, -0.05) is 41.8 Å². The molecule has 4 aromatic rings. The lowest BCUT2D eigenvalue weighted by atomic mass is 10.1. The number of imidazole rings is 1. The van der Waals surface area contributed by atoms with Gasteiger partial charge in [-0.25, -0.2) is 14.3 Å². The molecule has 1 saturated heterocycles. The van der Waals surface area contributed by atoms with Crippen molar-refractivity contribution < 1.29 is 0 Å². The second-order valence-electron chi connectivity index (χ2n) is 10.0. The topological polar surface area (TPSA) is 90.0 Å². The first-order chi connectivity index (χ1) is 18.5. The van der Waals surface area contributed by atoms with E-state index in [0.29, 0.717) is 18.0 Å². The third-order valence-electron chi connectivity index (χ3n) is 7.50. The highest BCUT2D eigenvalue weighted by Crippen LogP contribution is 2.26. The maximum Gasteiger partial charge on any atom is 0.294 e. The molecule has 6 rings (SSSR count). The molecule has 3 aromatic heterocycles. The van der Waals surface area contributed by atoms with Crippen LogP contribution in [0.15, 0.2) is 51.6 Å². The van der Waals surface area contributed by atoms with Crippen molar-refractivity contribution >= 4 is 27.8 Å². The van der Waals surface area contributed by atoms with Crippen LogP contribution in [0.25, 0.3) is 21.8 Å². The number of allylic oxidation sites excluding steroid dienone is 2. The number of hydrogen-bond donors (Lipinski definition) is 1. The Bertz CT molecular complexity index is 1730. The zero-order valence-electron chi connectivity index (χ0n) is 21.6. The molecule has 38 heavy (non-hydrogen) atoms. The molecule has 1 aliphatic carbocycles. The minimum absolute atomic E-state index is 0.0330. The lowest BCUT2D eigenvalue weighted by molar-refractivity contribution is 0.477. The number of fused-ring (bicyclic) bond motifs is 2. The van der Waals surface area contributed by atoms with Gasteiger partial charge >= 0.3 is 0 Å². The van der Waals surface area contributed by atoms with Crippen LogP contribution in [0.5, 0.6) is 0 Å². The molecule has 4 heterocycles. The van der Waals surface area contributed by atoms with Crippen molar-refractivity contribution in [3.63, 3.8) is 0 Å². The van der Waals surface area contributed by atoms with Crippen LogP contribution in [0.1, 0.15) is 30.7 Å². The van der Waals surface area contributed by atoms with Crippen LogP contribution in [-0.4, -0.2) is 50.1 Å². The normalized spacial score (nSPS) is 15.8. The molecule has 1 N–H and O–H groups in total. The molecule has 0 atom stereocenters. The van der Waals surface area contributed by atoms with Gasteiger partial charge in [0.05, 0.1) is 12.2 Å². The van der Waals surface area contributed by atoms with Gasteiger partial charge in [-0.15, -0.1) is 6.42 Å². The summed E-state index contributed by atoms with van der Waals surface area (Å²) in [7, 11) is 0. The van der Waals surface area contributed by atoms with Gasteiger partial charge in [-0.3, -0.25) is 14.6 Å². The van der Waals surface area contributed by atoms with Crippen LogP contribution in [-0.2, 0) is 19.6 Å². The third kappa shape index (κ3) is 4.21. The van der Waals surface area contributed by atoms with E-state index in [4.69, 9.17) is 16.4 Å². The summed E-state index contributed by atoms with van der Waals surface area (Å²) >= 11 is 0. The zero-order chi connectivity index (χ0) is 26.2. The molecule has 9 heteroatoms. The van der Waals surface area contributed by atoms with Crippen LogP contribution in [0.2, 0.25) is 0 Å². The number of terminal acetylenes is 1. The number of rotatable bonds is 6. The van der Waals surface area contributed by atoms with E-state index < -0.39 is 0 Å². The van der Waals surface area contributed by atoms with Gasteiger partial charge in [0.1, 0.15) is 12.1 Å². The summed E-state index contributed by atoms with van der Waals surface area (Å²) in [6.45, 7) is 5.74. The fourth-order valence-corrected chi connectivity index (χ4v) is 5.69. The molecule has 1 aromatic carbocycles. The second kappa shape index (κ2) is 9.95. The second-order valence-corrected chi connectivity index (χ2v) is 10.0. The van der Waals surface area contributed by atoms with Crippen LogP contribution in [0.4, 0.5) is 5.95 Å². The minimum Gasteiger partial charge on any atom is -0.340 e. The Morgan fingerprint density at radius 2 is 1.87 bits per heavy atom. The van der Waals surface area contributed by atoms with Crippen molar-refractivity contribution in [1.29, 1.82) is 0 Å². The molecule has 0 bridgehead atoms. The lowest BCUT2D eigenvalue weighted by Gasteiger charge is -2.29. The molecule has 9 nitrogen and oxygen atoms in total. The molecular formula is C29H31N7O2. The van der Waals surface area contributed by atoms with Gasteiger partial charge in [-0.05, 0) is 37.6 Å². The Balaban J connectivity index is 1.59. The summed E-state index contributed by atoms with van der Waals surface area (Å²) in [5.74, 6) is 3.23. The highest BCUT2D eigenvalue weighted by atomic mass is 16.2. The van der Waals surface area contributed by atoms with Crippen LogP contribution in [0, 0.1) is 19.3 Å². The summed E-state index contributed by atoms with van der Waals surface area (Å²) in [4.78, 5) is 39.9. The van der Waals surface area contributed by atoms with E-state index in [-0.39, 0.29) is 29.7 Å². The summed E-state index contributed by atoms with van der Waals surface area (Å²) in [6, 6.07) is 9.96. The van der Waals surface area contributed by atoms with Gasteiger partial charge in [0, 0.05) is 43.8 Å². The standard InChI is InChI=1S/C29H31N7O2/c1-3-14-35-27(37)25-26(28(38)36(35)19-24-23-11-7-6-10-22(23)17-20(2)31-24)34(18-21-8-4-5-9-21)29(32-25)33-15-12-30-13-16-33/h1,6-8,10-11,17,30H,4-5,9,12-16,18-19H2,2H3. The van der Waals surface area contributed by atoms with Crippen molar-refractivity contribution in [3.8, 4) is 12.3 Å². The third-order valence-corrected chi connectivity index (χ3v) is 7.50. The predicted octanol–water partition coefficient (Wildman–Crippen LogP) is 2.42. The molecule has 0 radical (unpaired) electrons. The fraction of sp³-hybridized carbons (Fsp3) is 0.379. The SMILES string of the molecule is C#CCn1c(=O)c2nc(N3CCNCC3)n(CC3=CCCC3)c2c(=O)n1Cc1nc(C)cc2ccccc12. The van der Waals surface area contributed by atoms with Gasteiger partial charge in [0.2, 0.25) is 5.95 Å². The minimum atomic E-state index is -0.356. The lowest BCUT2D eigenvalue weighted by Crippen LogP contribution is -2.44. The molecule has 0 spiro atoms. The average Bonchev–Trinajstić information content (AvgIpc) is 3.58. The van der Waals surface area contributed by atoms with E-state index in [0.717, 1.165) is 67.6 Å². The number of piperazine rings is 1. The highest BCUT2D eigenvalue weighted by molar-refractivity contribution is 5.85. The number of nitrogens with zero attached hydrogens (tertiary/aromatic N) is 6. The van der Waals surface area contributed by atoms with E-state index in [1.54, 1.807) is 0 Å². The number of aromatic nitrogens is 5. The summed E-state index contributed by atoms with van der Waals surface area (Å²) in [5.41, 5.74) is 2.71. The van der Waals surface area contributed by atoms with E-state index in [9.17, 15) is 9.59 Å². The van der Waals surface area contributed by atoms with Crippen LogP contribution in [0.3, 0.4) is 0 Å². The first kappa shape index (κ1) is 24.2.